The molecule has 0 unspecified atom stereocenters. The summed E-state index contributed by atoms with van der Waals surface area (Å²) in [6, 6.07) is 35.0. The lowest BCUT2D eigenvalue weighted by molar-refractivity contribution is 0.421. The van der Waals surface area contributed by atoms with Crippen LogP contribution in [0.1, 0.15) is 16.7 Å². The lowest BCUT2D eigenvalue weighted by Crippen LogP contribution is -2.12. The highest BCUT2D eigenvalue weighted by atomic mass is 32.1. The largest absolute Gasteiger partial charge is 0.364 e. The van der Waals surface area contributed by atoms with Crippen molar-refractivity contribution in [1.29, 1.82) is 0 Å². The van der Waals surface area contributed by atoms with Gasteiger partial charge in [0.1, 0.15) is 63.5 Å². The molecule has 0 saturated carbocycles. The van der Waals surface area contributed by atoms with Crippen LogP contribution in [-0.2, 0) is 19.6 Å². The van der Waals surface area contributed by atoms with Crippen molar-refractivity contribution in [2.45, 2.75) is 19.6 Å². The monoisotopic (exact) mass is 1200 g/mol. The van der Waals surface area contributed by atoms with Gasteiger partial charge >= 0.3 is 0 Å². The van der Waals surface area contributed by atoms with Crippen molar-refractivity contribution in [2.24, 2.45) is 0 Å². The number of nitrogens with one attached hydrogen (secondary N) is 3. The van der Waals surface area contributed by atoms with E-state index in [9.17, 15) is 31.9 Å². The number of halogens is 4. The predicted octanol–water partition coefficient (Wildman–Crippen LogP) is 10.8. The maximum Gasteiger partial charge on any atom is 0.287 e. The van der Waals surface area contributed by atoms with E-state index < -0.39 is 11.4 Å². The minimum Gasteiger partial charge on any atom is -0.364 e. The molecule has 0 aliphatic heterocycles. The molecule has 27 heteroatoms. The molecule has 11 aromatic heterocycles. The summed E-state index contributed by atoms with van der Waals surface area (Å²) in [6.07, 6.45) is 9.98. The van der Waals surface area contributed by atoms with Gasteiger partial charge in [-0.15, -0.1) is 11.3 Å². The molecule has 87 heavy (non-hydrogen) atoms. The van der Waals surface area contributed by atoms with Gasteiger partial charge < -0.3 is 24.0 Å². The van der Waals surface area contributed by atoms with Crippen molar-refractivity contribution in [3.05, 3.63) is 258 Å². The van der Waals surface area contributed by atoms with E-state index in [0.717, 1.165) is 11.8 Å². The summed E-state index contributed by atoms with van der Waals surface area (Å²) < 4.78 is 70.3. The Bertz CT molecular complexity index is 4830. The number of thiophene rings is 1. The smallest absolute Gasteiger partial charge is 0.287 e. The molecule has 0 atom stereocenters. The Morgan fingerprint density at radius 1 is 0.437 bits per heavy atom. The van der Waals surface area contributed by atoms with Crippen LogP contribution >= 0.6 is 22.7 Å². The molecular formula is C60H40F4N16O5S2. The highest BCUT2D eigenvalue weighted by Gasteiger charge is 2.21. The van der Waals surface area contributed by atoms with Crippen LogP contribution < -0.4 is 16.7 Å². The van der Waals surface area contributed by atoms with E-state index in [0.29, 0.717) is 89.9 Å². The summed E-state index contributed by atoms with van der Waals surface area (Å²) in [7, 11) is 0. The molecule has 0 aliphatic carbocycles. The van der Waals surface area contributed by atoms with Crippen LogP contribution in [0.4, 0.5) is 17.6 Å². The Kier molecular flexibility index (Phi) is 16.2. The van der Waals surface area contributed by atoms with Gasteiger partial charge in [-0.05, 0) is 70.9 Å². The normalized spacial score (nSPS) is 11.0. The third kappa shape index (κ3) is 12.6. The highest BCUT2D eigenvalue weighted by molar-refractivity contribution is 7.13. The standard InChI is InChI=1S/C22H15FN6O2.C21H14FN5O2S.C17H11F2N5OS/c23-16-6-2-1-5-14(16)13-29-20(18-8-10-31-28-18)11-19(27-29)21-25-12-15(22(30)26-21)17-7-3-4-9-24-17;22-16-4-2-1-3-13(16)11-27-19(17-5-7-29-26-17)9-18(25-27)20-23-10-15(21(28)24-20)14-6-8-30-12-14;18-11-4-2-1-3-10(11)9-24-14(17-20-5-6-26-17)7-13(23-24)15-21-8-12(19)16(25)22-15/h1-12H,13H2,(H,25,26,30);1-10,12H,11H2,(H,23,24,28);1-8H,9H2,(H,21,22,25). The van der Waals surface area contributed by atoms with Crippen molar-refractivity contribution in [3.8, 4) is 90.4 Å². The van der Waals surface area contributed by atoms with E-state index in [1.807, 2.05) is 22.2 Å². The summed E-state index contributed by atoms with van der Waals surface area (Å²) in [5.74, 6) is -1.26. The summed E-state index contributed by atoms with van der Waals surface area (Å²) in [6.45, 7) is 0.532. The van der Waals surface area contributed by atoms with Crippen molar-refractivity contribution < 1.29 is 26.6 Å². The van der Waals surface area contributed by atoms with E-state index in [4.69, 9.17) is 9.05 Å². The molecule has 0 bridgehead atoms. The molecule has 14 aromatic rings. The second-order valence-corrected chi connectivity index (χ2v) is 20.4. The molecule has 430 valence electrons. The number of aromatic amines is 3. The van der Waals surface area contributed by atoms with Crippen LogP contribution in [0, 0.1) is 23.3 Å². The fourth-order valence-corrected chi connectivity index (χ4v) is 10.1. The van der Waals surface area contributed by atoms with Gasteiger partial charge in [-0.3, -0.25) is 33.4 Å². The van der Waals surface area contributed by atoms with Crippen LogP contribution in [0.15, 0.2) is 210 Å². The zero-order valence-corrected chi connectivity index (χ0v) is 46.3. The van der Waals surface area contributed by atoms with Crippen LogP contribution in [0.5, 0.6) is 0 Å². The van der Waals surface area contributed by atoms with E-state index in [-0.39, 0.29) is 59.9 Å². The van der Waals surface area contributed by atoms with Crippen LogP contribution in [-0.4, -0.2) is 79.5 Å². The molecule has 0 saturated heterocycles. The summed E-state index contributed by atoms with van der Waals surface area (Å²) in [5.41, 5.74) is 6.24. The molecule has 0 radical (unpaired) electrons. The molecular weight excluding hydrogens is 1160 g/mol. The van der Waals surface area contributed by atoms with Gasteiger partial charge in [0.2, 0.25) is 5.82 Å². The van der Waals surface area contributed by atoms with Crippen LogP contribution in [0.3, 0.4) is 0 Å². The maximum atomic E-state index is 14.2. The first-order valence-electron chi connectivity index (χ1n) is 26.0. The first kappa shape index (κ1) is 56.1. The van der Waals surface area contributed by atoms with Crippen LogP contribution in [0.2, 0.25) is 0 Å². The van der Waals surface area contributed by atoms with Crippen molar-refractivity contribution in [2.75, 3.05) is 0 Å². The number of H-pyrrole nitrogens is 3. The Labute approximate surface area is 494 Å². The van der Waals surface area contributed by atoms with Gasteiger partial charge in [-0.2, -0.15) is 31.0 Å². The zero-order chi connectivity index (χ0) is 59.8. The average molecular weight is 1210 g/mol. The van der Waals surface area contributed by atoms with Gasteiger partial charge in [0.05, 0.1) is 59.7 Å². The Morgan fingerprint density at radius 2 is 0.920 bits per heavy atom. The molecule has 0 fully saturated rings. The van der Waals surface area contributed by atoms with E-state index in [2.05, 4.69) is 65.5 Å². The molecule has 3 aromatic carbocycles. The molecule has 11 heterocycles. The van der Waals surface area contributed by atoms with Crippen LogP contribution in [0.25, 0.3) is 90.4 Å². The minimum absolute atomic E-state index is 0.126. The summed E-state index contributed by atoms with van der Waals surface area (Å²) in [5, 5.41) is 27.7. The molecule has 3 N–H and O–H groups in total. The first-order valence-corrected chi connectivity index (χ1v) is 27.9. The van der Waals surface area contributed by atoms with Gasteiger partial charge in [0, 0.05) is 59.0 Å². The SMILES string of the molecule is O=c1[nH]c(-c2cc(-c3ccon3)n(Cc3ccccc3F)n2)ncc1-c1ccccn1.O=c1[nH]c(-c2cc(-c3ccon3)n(Cc3ccccc3F)n2)ncc1-c1ccsc1.O=c1[nH]c(-c2cc(-c3nccs3)n(Cc3ccccc3F)n2)ncc1F. The van der Waals surface area contributed by atoms with Crippen molar-refractivity contribution >= 4 is 22.7 Å². The fraction of sp³-hybridized carbons (Fsp3) is 0.0500. The van der Waals surface area contributed by atoms with E-state index in [1.165, 1.54) is 65.8 Å². The lowest BCUT2D eigenvalue weighted by atomic mass is 10.2. The summed E-state index contributed by atoms with van der Waals surface area (Å²) >= 11 is 2.91. The van der Waals surface area contributed by atoms with Gasteiger partial charge in [-0.25, -0.2) is 33.1 Å². The van der Waals surface area contributed by atoms with E-state index in [1.54, 1.807) is 130 Å². The number of benzene rings is 3. The number of thiazole rings is 1. The number of hydrogen-bond donors (Lipinski definition) is 3. The second-order valence-electron chi connectivity index (χ2n) is 18.7. The second kappa shape index (κ2) is 25.2. The topological polar surface area (TPSA) is 269 Å². The number of pyridine rings is 1. The third-order valence-electron chi connectivity index (χ3n) is 13.1. The molecule has 0 aliphatic rings. The lowest BCUT2D eigenvalue weighted by Gasteiger charge is -2.06. The maximum absolute atomic E-state index is 14.2. The quantitative estimate of drug-likeness (QED) is 0.0854. The molecule has 14 rings (SSSR count). The summed E-state index contributed by atoms with van der Waals surface area (Å²) in [4.78, 5) is 65.6. The average Bonchev–Trinajstić information content (AvgIpc) is 3.51. The molecule has 0 spiro atoms. The number of hydrogen-bond acceptors (Lipinski definition) is 17. The minimum atomic E-state index is -0.973. The first-order chi connectivity index (χ1) is 42.5. The van der Waals surface area contributed by atoms with Crippen molar-refractivity contribution in [1.82, 2.24) is 79.5 Å². The Hall–Kier alpha value is -11.5. The Balaban J connectivity index is 0.000000128. The van der Waals surface area contributed by atoms with Gasteiger partial charge in [0.25, 0.3) is 16.7 Å². The highest BCUT2D eigenvalue weighted by Crippen LogP contribution is 2.30. The van der Waals surface area contributed by atoms with Gasteiger partial charge in [-0.1, -0.05) is 71.0 Å². The zero-order valence-electron chi connectivity index (χ0n) is 44.7. The third-order valence-corrected chi connectivity index (χ3v) is 14.6. The molecule has 21 nitrogen and oxygen atoms in total. The number of rotatable bonds is 14. The van der Waals surface area contributed by atoms with Gasteiger partial charge in [0.15, 0.2) is 17.5 Å². The number of nitrogens with zero attached hydrogens (tertiary/aromatic N) is 13. The van der Waals surface area contributed by atoms with E-state index >= 15 is 0 Å². The predicted molar refractivity (Wildman–Crippen MR) is 313 cm³/mol. The Morgan fingerprint density at radius 3 is 1.36 bits per heavy atom. The number of aromatic nitrogens is 16. The fourth-order valence-electron chi connectivity index (χ4n) is 8.83. The molecule has 0 amide bonds. The van der Waals surface area contributed by atoms with Crippen molar-refractivity contribution in [3.63, 3.8) is 0 Å².